The third-order valence-corrected chi connectivity index (χ3v) is 4.48. The Balaban J connectivity index is 1.72. The minimum Gasteiger partial charge on any atom is -0.341 e. The first-order chi connectivity index (χ1) is 11.6. The smallest absolute Gasteiger partial charge is 0.246 e. The molecule has 1 aliphatic heterocycles. The highest BCUT2D eigenvalue weighted by Gasteiger charge is 2.18. The molecule has 0 aromatic heterocycles. The number of hydrogen-bond donors (Lipinski definition) is 0. The summed E-state index contributed by atoms with van der Waals surface area (Å²) in [5.74, 6) is 0.0870. The van der Waals surface area contributed by atoms with Crippen molar-refractivity contribution < 1.29 is 9.59 Å². The summed E-state index contributed by atoms with van der Waals surface area (Å²) in [6.07, 6.45) is 4.36. The van der Waals surface area contributed by atoms with Crippen molar-refractivity contribution in [3.8, 4) is 0 Å². The third-order valence-electron chi connectivity index (χ3n) is 4.48. The fraction of sp³-hybridized carbons (Fsp3) is 0.300. The standard InChI is InChI=1S/C20H22N2O2/c1-16(23)21-12-5-13-22(15-14-21)20(24)11-10-18-8-4-7-17-6-2-3-9-19(17)18/h2-4,6-11H,5,12-15H2,1H3/b11-10+. The van der Waals surface area contributed by atoms with E-state index in [0.717, 1.165) is 23.9 Å². The van der Waals surface area contributed by atoms with Crippen molar-refractivity contribution in [2.24, 2.45) is 0 Å². The molecule has 1 saturated heterocycles. The van der Waals surface area contributed by atoms with E-state index in [4.69, 9.17) is 0 Å². The minimum atomic E-state index is 0.00772. The van der Waals surface area contributed by atoms with Gasteiger partial charge >= 0.3 is 0 Å². The van der Waals surface area contributed by atoms with E-state index in [1.807, 2.05) is 40.1 Å². The predicted molar refractivity (Wildman–Crippen MR) is 96.4 cm³/mol. The van der Waals surface area contributed by atoms with Crippen LogP contribution in [0.25, 0.3) is 16.8 Å². The summed E-state index contributed by atoms with van der Waals surface area (Å²) < 4.78 is 0. The Morgan fingerprint density at radius 2 is 1.62 bits per heavy atom. The van der Waals surface area contributed by atoms with Crippen LogP contribution in [0.1, 0.15) is 18.9 Å². The summed E-state index contributed by atoms with van der Waals surface area (Å²) in [5.41, 5.74) is 1.04. The van der Waals surface area contributed by atoms with Crippen LogP contribution >= 0.6 is 0 Å². The van der Waals surface area contributed by atoms with Crippen molar-refractivity contribution in [2.45, 2.75) is 13.3 Å². The molecule has 0 unspecified atom stereocenters. The molecule has 1 aliphatic rings. The third kappa shape index (κ3) is 3.65. The monoisotopic (exact) mass is 322 g/mol. The minimum absolute atomic E-state index is 0.00772. The summed E-state index contributed by atoms with van der Waals surface area (Å²) in [6.45, 7) is 4.22. The zero-order valence-corrected chi connectivity index (χ0v) is 13.9. The van der Waals surface area contributed by atoms with E-state index >= 15 is 0 Å². The van der Waals surface area contributed by atoms with Crippen LogP contribution in [-0.4, -0.2) is 47.8 Å². The highest BCUT2D eigenvalue weighted by Crippen LogP contribution is 2.19. The van der Waals surface area contributed by atoms with E-state index in [9.17, 15) is 9.59 Å². The Bertz CT molecular complexity index is 777. The van der Waals surface area contributed by atoms with Gasteiger partial charge in [0.05, 0.1) is 0 Å². The number of carbonyl (C=O) groups is 2. The summed E-state index contributed by atoms with van der Waals surface area (Å²) in [4.78, 5) is 27.6. The van der Waals surface area contributed by atoms with E-state index in [2.05, 4.69) is 18.2 Å². The Labute approximate surface area is 142 Å². The lowest BCUT2D eigenvalue weighted by molar-refractivity contribution is -0.130. The van der Waals surface area contributed by atoms with Crippen molar-refractivity contribution in [3.05, 3.63) is 54.1 Å². The fourth-order valence-electron chi connectivity index (χ4n) is 3.12. The van der Waals surface area contributed by atoms with Gasteiger partial charge in [-0.3, -0.25) is 9.59 Å². The summed E-state index contributed by atoms with van der Waals surface area (Å²) in [7, 11) is 0. The molecule has 2 amide bonds. The molecule has 0 saturated carbocycles. The van der Waals surface area contributed by atoms with Crippen molar-refractivity contribution in [1.82, 2.24) is 9.80 Å². The largest absolute Gasteiger partial charge is 0.341 e. The number of carbonyl (C=O) groups excluding carboxylic acids is 2. The Hall–Kier alpha value is -2.62. The van der Waals surface area contributed by atoms with Crippen molar-refractivity contribution >= 4 is 28.7 Å². The van der Waals surface area contributed by atoms with Crippen LogP contribution < -0.4 is 0 Å². The molecule has 0 aliphatic carbocycles. The van der Waals surface area contributed by atoms with E-state index < -0.39 is 0 Å². The summed E-state index contributed by atoms with van der Waals surface area (Å²) in [6, 6.07) is 14.2. The molecule has 1 fully saturated rings. The molecule has 124 valence electrons. The maximum atomic E-state index is 12.5. The van der Waals surface area contributed by atoms with Crippen LogP contribution in [0, 0.1) is 0 Å². The second-order valence-electron chi connectivity index (χ2n) is 6.09. The summed E-state index contributed by atoms with van der Waals surface area (Å²) >= 11 is 0. The Morgan fingerprint density at radius 3 is 2.46 bits per heavy atom. The number of fused-ring (bicyclic) bond motifs is 1. The lowest BCUT2D eigenvalue weighted by Gasteiger charge is -2.20. The molecule has 0 bridgehead atoms. The van der Waals surface area contributed by atoms with Gasteiger partial charge in [-0.25, -0.2) is 0 Å². The van der Waals surface area contributed by atoms with Crippen molar-refractivity contribution in [3.63, 3.8) is 0 Å². The van der Waals surface area contributed by atoms with Gasteiger partial charge in [0.2, 0.25) is 11.8 Å². The van der Waals surface area contributed by atoms with Crippen LogP contribution in [0.4, 0.5) is 0 Å². The molecule has 0 spiro atoms. The van der Waals surface area contributed by atoms with E-state index in [0.29, 0.717) is 19.6 Å². The lowest BCUT2D eigenvalue weighted by Crippen LogP contribution is -2.35. The second kappa shape index (κ2) is 7.30. The van der Waals surface area contributed by atoms with Crippen LogP contribution in [0.2, 0.25) is 0 Å². The number of hydrogen-bond acceptors (Lipinski definition) is 2. The number of rotatable bonds is 2. The average molecular weight is 322 g/mol. The lowest BCUT2D eigenvalue weighted by atomic mass is 10.0. The molecular formula is C20H22N2O2. The van der Waals surface area contributed by atoms with Crippen molar-refractivity contribution in [1.29, 1.82) is 0 Å². The molecule has 2 aromatic rings. The fourth-order valence-corrected chi connectivity index (χ4v) is 3.12. The van der Waals surface area contributed by atoms with Crippen LogP contribution in [0.3, 0.4) is 0 Å². The molecule has 0 radical (unpaired) electrons. The van der Waals surface area contributed by atoms with Gasteiger partial charge in [0, 0.05) is 39.2 Å². The quantitative estimate of drug-likeness (QED) is 0.798. The predicted octanol–water partition coefficient (Wildman–Crippen LogP) is 2.93. The maximum absolute atomic E-state index is 12.5. The molecular weight excluding hydrogens is 300 g/mol. The zero-order valence-electron chi connectivity index (χ0n) is 13.9. The van der Waals surface area contributed by atoms with Crippen LogP contribution in [0.15, 0.2) is 48.5 Å². The SMILES string of the molecule is CC(=O)N1CCCN(C(=O)/C=C/c2cccc3ccccc23)CC1. The van der Waals surface area contributed by atoms with Crippen molar-refractivity contribution in [2.75, 3.05) is 26.2 Å². The molecule has 24 heavy (non-hydrogen) atoms. The molecule has 0 N–H and O–H groups in total. The maximum Gasteiger partial charge on any atom is 0.246 e. The van der Waals surface area contributed by atoms with Gasteiger partial charge in [-0.05, 0) is 28.8 Å². The second-order valence-corrected chi connectivity index (χ2v) is 6.09. The van der Waals surface area contributed by atoms with Gasteiger partial charge in [0.1, 0.15) is 0 Å². The molecule has 1 heterocycles. The highest BCUT2D eigenvalue weighted by atomic mass is 16.2. The van der Waals surface area contributed by atoms with E-state index in [1.165, 1.54) is 5.39 Å². The average Bonchev–Trinajstić information content (AvgIpc) is 2.86. The molecule has 2 aromatic carbocycles. The number of benzene rings is 2. The Morgan fingerprint density at radius 1 is 0.917 bits per heavy atom. The van der Waals surface area contributed by atoms with Gasteiger partial charge in [-0.15, -0.1) is 0 Å². The van der Waals surface area contributed by atoms with Crippen LogP contribution in [0.5, 0.6) is 0 Å². The zero-order chi connectivity index (χ0) is 16.9. The van der Waals surface area contributed by atoms with E-state index in [1.54, 1.807) is 13.0 Å². The highest BCUT2D eigenvalue weighted by molar-refractivity contribution is 5.96. The Kier molecular flexibility index (Phi) is 4.94. The number of nitrogens with zero attached hydrogens (tertiary/aromatic N) is 2. The first-order valence-electron chi connectivity index (χ1n) is 8.35. The number of amides is 2. The van der Waals surface area contributed by atoms with Gasteiger partial charge in [-0.1, -0.05) is 42.5 Å². The van der Waals surface area contributed by atoms with Gasteiger partial charge in [0.15, 0.2) is 0 Å². The van der Waals surface area contributed by atoms with Gasteiger partial charge in [0.25, 0.3) is 0 Å². The molecule has 4 nitrogen and oxygen atoms in total. The topological polar surface area (TPSA) is 40.6 Å². The first-order valence-corrected chi connectivity index (χ1v) is 8.35. The van der Waals surface area contributed by atoms with Gasteiger partial charge < -0.3 is 9.80 Å². The molecule has 3 rings (SSSR count). The molecule has 4 heteroatoms. The van der Waals surface area contributed by atoms with Crippen LogP contribution in [-0.2, 0) is 9.59 Å². The van der Waals surface area contributed by atoms with Gasteiger partial charge in [-0.2, -0.15) is 0 Å². The normalized spacial score (nSPS) is 15.7. The first kappa shape index (κ1) is 16.2. The molecule has 0 atom stereocenters. The van der Waals surface area contributed by atoms with E-state index in [-0.39, 0.29) is 11.8 Å². The summed E-state index contributed by atoms with van der Waals surface area (Å²) in [5, 5.41) is 2.31.